The zero-order valence-electron chi connectivity index (χ0n) is 17.9. The van der Waals surface area contributed by atoms with Crippen molar-refractivity contribution in [3.63, 3.8) is 0 Å². The summed E-state index contributed by atoms with van der Waals surface area (Å²) in [6.45, 7) is 0.752. The lowest BCUT2D eigenvalue weighted by Gasteiger charge is -2.11. The minimum atomic E-state index is -0.368. The van der Waals surface area contributed by atoms with Crippen molar-refractivity contribution in [1.82, 2.24) is 4.57 Å². The summed E-state index contributed by atoms with van der Waals surface area (Å²) < 4.78 is 21.5. The number of methoxy groups -OCH3 is 1. The molecule has 0 spiro atoms. The topological polar surface area (TPSA) is 46.8 Å². The molecule has 0 saturated carbocycles. The van der Waals surface area contributed by atoms with Gasteiger partial charge >= 0.3 is 0 Å². The number of benzene rings is 3. The highest BCUT2D eigenvalue weighted by atomic mass is 79.9. The van der Waals surface area contributed by atoms with Crippen LogP contribution < -0.4 is 9.54 Å². The Morgan fingerprint density at radius 1 is 0.969 bits per heavy atom. The monoisotopic (exact) mass is 516 g/mol. The van der Waals surface area contributed by atoms with Crippen molar-refractivity contribution in [2.45, 2.75) is 13.0 Å². The Morgan fingerprint density at radius 2 is 1.62 bits per heavy atom. The van der Waals surface area contributed by atoms with E-state index in [0.29, 0.717) is 0 Å². The number of nitrogens with zero attached hydrogens (tertiary/aromatic N) is 2. The smallest absolute Gasteiger partial charge is 0.190 e. The van der Waals surface area contributed by atoms with Gasteiger partial charge in [0.15, 0.2) is 16.4 Å². The van der Waals surface area contributed by atoms with Crippen LogP contribution in [0.15, 0.2) is 89.2 Å². The van der Waals surface area contributed by atoms with Gasteiger partial charge in [0.25, 0.3) is 0 Å². The van der Waals surface area contributed by atoms with Gasteiger partial charge < -0.3 is 14.4 Å². The maximum atomic E-state index is 14.3. The molecular formula is C25H26BrFN2O2S. The van der Waals surface area contributed by atoms with Crippen LogP contribution in [0, 0.1) is 5.82 Å². The first-order valence-electron chi connectivity index (χ1n) is 9.85. The van der Waals surface area contributed by atoms with Gasteiger partial charge in [0.05, 0.1) is 18.5 Å². The molecule has 7 heteroatoms. The minimum Gasteiger partial charge on any atom is -0.494 e. The highest BCUT2D eigenvalue weighted by Gasteiger charge is 2.11. The molecule has 1 aromatic heterocycles. The van der Waals surface area contributed by atoms with Gasteiger partial charge in [0.1, 0.15) is 0 Å². The fourth-order valence-electron chi connectivity index (χ4n) is 3.19. The quantitative estimate of drug-likeness (QED) is 0.340. The Morgan fingerprint density at radius 3 is 2.25 bits per heavy atom. The summed E-state index contributed by atoms with van der Waals surface area (Å²) in [5.74, 6) is -0.124. The first-order valence-corrected chi connectivity index (χ1v) is 10.7. The highest BCUT2D eigenvalue weighted by Crippen LogP contribution is 2.26. The number of ether oxygens (including phenoxy) is 1. The van der Waals surface area contributed by atoms with Crippen LogP contribution in [0.25, 0.3) is 11.3 Å². The standard InChI is InChI=1S/C24H21FN2OS.CH4O.BrH/c1-28-23-13-12-19(16-21(23)25)22-17-29-24(26-20-10-6-3-7-11-20)27(22)15-14-18-8-4-2-5-9-18;1-2;/h2-13,16-17H,14-15H2,1H3;2H,1H3;1H. The molecule has 0 unspecified atom stereocenters. The third-order valence-electron chi connectivity index (χ3n) is 4.69. The second kappa shape index (κ2) is 13.0. The van der Waals surface area contributed by atoms with Crippen LogP contribution in [0.1, 0.15) is 5.56 Å². The van der Waals surface area contributed by atoms with Crippen LogP contribution in [0.4, 0.5) is 10.1 Å². The normalized spacial score (nSPS) is 10.7. The number of hydrogen-bond acceptors (Lipinski definition) is 4. The molecule has 168 valence electrons. The Bertz CT molecular complexity index is 1160. The zero-order valence-corrected chi connectivity index (χ0v) is 20.5. The molecule has 0 aliphatic heterocycles. The van der Waals surface area contributed by atoms with E-state index in [-0.39, 0.29) is 28.5 Å². The third kappa shape index (κ3) is 6.38. The second-order valence-corrected chi connectivity index (χ2v) is 7.42. The first-order chi connectivity index (χ1) is 15.2. The molecule has 0 fully saturated rings. The maximum Gasteiger partial charge on any atom is 0.190 e. The van der Waals surface area contributed by atoms with Crippen molar-refractivity contribution in [2.24, 2.45) is 4.99 Å². The Labute approximate surface area is 202 Å². The molecule has 0 amide bonds. The van der Waals surface area contributed by atoms with E-state index in [0.717, 1.165) is 41.8 Å². The van der Waals surface area contributed by atoms with Gasteiger partial charge in [-0.2, -0.15) is 0 Å². The number of aliphatic hydroxyl groups excluding tert-OH is 1. The predicted molar refractivity (Wildman–Crippen MR) is 135 cm³/mol. The van der Waals surface area contributed by atoms with Gasteiger partial charge in [-0.15, -0.1) is 28.3 Å². The van der Waals surface area contributed by atoms with Crippen LogP contribution in [0.2, 0.25) is 0 Å². The Hall–Kier alpha value is -2.74. The summed E-state index contributed by atoms with van der Waals surface area (Å²) in [4.78, 5) is 5.71. The first kappa shape index (κ1) is 25.5. The molecule has 0 atom stereocenters. The summed E-state index contributed by atoms with van der Waals surface area (Å²) in [6.07, 6.45) is 0.866. The van der Waals surface area contributed by atoms with Crippen LogP contribution in [0.5, 0.6) is 5.75 Å². The molecule has 32 heavy (non-hydrogen) atoms. The summed E-state index contributed by atoms with van der Waals surface area (Å²) in [6, 6.07) is 25.3. The zero-order chi connectivity index (χ0) is 22.1. The van der Waals surface area contributed by atoms with Crippen molar-refractivity contribution in [3.05, 3.63) is 100 Å². The molecule has 1 heterocycles. The lowest BCUT2D eigenvalue weighted by Crippen LogP contribution is -2.17. The predicted octanol–water partition coefficient (Wildman–Crippen LogP) is 6.03. The van der Waals surface area contributed by atoms with E-state index < -0.39 is 0 Å². The second-order valence-electron chi connectivity index (χ2n) is 6.59. The van der Waals surface area contributed by atoms with E-state index >= 15 is 0 Å². The number of hydrogen-bond donors (Lipinski definition) is 1. The number of aromatic nitrogens is 1. The van der Waals surface area contributed by atoms with Crippen LogP contribution in [-0.2, 0) is 13.0 Å². The highest BCUT2D eigenvalue weighted by molar-refractivity contribution is 8.93. The molecule has 3 aromatic carbocycles. The number of aliphatic hydroxyl groups is 1. The Balaban J connectivity index is 0.00000118. The molecule has 0 aliphatic carbocycles. The average molecular weight is 517 g/mol. The van der Waals surface area contributed by atoms with Crippen molar-refractivity contribution >= 4 is 34.0 Å². The maximum absolute atomic E-state index is 14.3. The summed E-state index contributed by atoms with van der Waals surface area (Å²) in [5.41, 5.74) is 3.91. The molecule has 0 radical (unpaired) electrons. The van der Waals surface area contributed by atoms with Crippen molar-refractivity contribution in [1.29, 1.82) is 0 Å². The molecule has 0 aliphatic rings. The van der Waals surface area contributed by atoms with Crippen molar-refractivity contribution in [3.8, 4) is 17.0 Å². The summed E-state index contributed by atoms with van der Waals surface area (Å²) in [7, 11) is 2.47. The van der Waals surface area contributed by atoms with Crippen LogP contribution in [0.3, 0.4) is 0 Å². The van der Waals surface area contributed by atoms with Gasteiger partial charge in [-0.1, -0.05) is 48.5 Å². The molecule has 0 saturated heterocycles. The largest absolute Gasteiger partial charge is 0.494 e. The van der Waals surface area contributed by atoms with E-state index in [1.54, 1.807) is 17.4 Å². The number of rotatable bonds is 6. The van der Waals surface area contributed by atoms with Gasteiger partial charge in [-0.05, 0) is 42.3 Å². The molecule has 1 N–H and O–H groups in total. The lowest BCUT2D eigenvalue weighted by atomic mass is 10.1. The van der Waals surface area contributed by atoms with E-state index in [1.165, 1.54) is 18.7 Å². The lowest BCUT2D eigenvalue weighted by molar-refractivity contribution is 0.386. The summed E-state index contributed by atoms with van der Waals surface area (Å²) in [5, 5.41) is 9.04. The van der Waals surface area contributed by atoms with Crippen LogP contribution in [-0.4, -0.2) is 23.9 Å². The van der Waals surface area contributed by atoms with E-state index in [2.05, 4.69) is 16.7 Å². The molecule has 4 rings (SSSR count). The number of halogens is 2. The van der Waals surface area contributed by atoms with E-state index in [4.69, 9.17) is 14.8 Å². The van der Waals surface area contributed by atoms with Crippen LogP contribution >= 0.6 is 28.3 Å². The fourth-order valence-corrected chi connectivity index (χ4v) is 4.15. The van der Waals surface area contributed by atoms with Crippen molar-refractivity contribution in [2.75, 3.05) is 14.2 Å². The van der Waals surface area contributed by atoms with Gasteiger partial charge in [-0.3, -0.25) is 0 Å². The van der Waals surface area contributed by atoms with Gasteiger partial charge in [0.2, 0.25) is 0 Å². The molecule has 4 nitrogen and oxygen atoms in total. The van der Waals surface area contributed by atoms with Crippen molar-refractivity contribution < 1.29 is 14.2 Å². The third-order valence-corrected chi connectivity index (χ3v) is 5.56. The Kier molecular flexibility index (Phi) is 10.3. The van der Waals surface area contributed by atoms with E-state index in [1.807, 2.05) is 60.0 Å². The van der Waals surface area contributed by atoms with Gasteiger partial charge in [0, 0.05) is 24.6 Å². The van der Waals surface area contributed by atoms with E-state index in [9.17, 15) is 4.39 Å². The number of thiazole rings is 1. The summed E-state index contributed by atoms with van der Waals surface area (Å²) >= 11 is 1.56. The minimum absolute atomic E-state index is 0. The number of para-hydroxylation sites is 1. The van der Waals surface area contributed by atoms with Gasteiger partial charge in [-0.25, -0.2) is 9.38 Å². The SMILES string of the molecule is Br.CO.COc1ccc(-c2csc(=Nc3ccccc3)n2CCc2ccccc2)cc1F. The molecule has 4 aromatic rings. The molecule has 0 bridgehead atoms. The molecular weight excluding hydrogens is 491 g/mol. The average Bonchev–Trinajstić information content (AvgIpc) is 3.22. The fraction of sp³-hybridized carbons (Fsp3) is 0.160. The number of aryl methyl sites for hydroxylation is 1.